The van der Waals surface area contributed by atoms with E-state index in [1.807, 2.05) is 6.92 Å². The van der Waals surface area contributed by atoms with Gasteiger partial charge >= 0.3 is 5.97 Å². The Morgan fingerprint density at radius 1 is 1.48 bits per heavy atom. The lowest BCUT2D eigenvalue weighted by atomic mass is 10.1. The highest BCUT2D eigenvalue weighted by atomic mass is 32.2. The van der Waals surface area contributed by atoms with Crippen LogP contribution in [0.25, 0.3) is 0 Å². The molecule has 118 valence electrons. The van der Waals surface area contributed by atoms with Crippen molar-refractivity contribution in [2.45, 2.75) is 44.0 Å². The van der Waals surface area contributed by atoms with Crippen molar-refractivity contribution in [3.63, 3.8) is 0 Å². The number of rotatable bonds is 7. The van der Waals surface area contributed by atoms with Crippen LogP contribution in [0, 0.1) is 6.92 Å². The molecule has 0 aliphatic rings. The Labute approximate surface area is 122 Å². The summed E-state index contributed by atoms with van der Waals surface area (Å²) in [6.07, 6.45) is 1.70. The fourth-order valence-electron chi connectivity index (χ4n) is 1.75. The van der Waals surface area contributed by atoms with Crippen molar-refractivity contribution in [2.75, 3.05) is 0 Å². The predicted octanol–water partition coefficient (Wildman–Crippen LogP) is 0.609. The molecule has 0 aromatic carbocycles. The molecule has 0 saturated carbocycles. The lowest BCUT2D eigenvalue weighted by Crippen LogP contribution is -2.40. The number of hydrogen-bond acceptors (Lipinski definition) is 5. The monoisotopic (exact) mass is 318 g/mol. The van der Waals surface area contributed by atoms with E-state index < -0.39 is 27.9 Å². The molecule has 1 amide bonds. The summed E-state index contributed by atoms with van der Waals surface area (Å²) in [7, 11) is -4.00. The van der Waals surface area contributed by atoms with Gasteiger partial charge in [0.05, 0.1) is 0 Å². The van der Waals surface area contributed by atoms with Gasteiger partial charge in [0.25, 0.3) is 5.91 Å². The number of hydrogen-bond donors (Lipinski definition) is 3. The van der Waals surface area contributed by atoms with Crippen LogP contribution in [0.3, 0.4) is 0 Å². The molecule has 1 heterocycles. The van der Waals surface area contributed by atoms with Gasteiger partial charge in [0.1, 0.15) is 16.7 Å². The van der Waals surface area contributed by atoms with Crippen LogP contribution in [0.4, 0.5) is 0 Å². The quantitative estimate of drug-likeness (QED) is 0.673. The first kappa shape index (κ1) is 17.2. The van der Waals surface area contributed by atoms with Gasteiger partial charge in [-0.15, -0.1) is 0 Å². The molecule has 1 aromatic heterocycles. The van der Waals surface area contributed by atoms with E-state index >= 15 is 0 Å². The maximum absolute atomic E-state index is 11.9. The summed E-state index contributed by atoms with van der Waals surface area (Å²) in [4.78, 5) is 22.7. The molecule has 0 spiro atoms. The number of aliphatic carboxylic acids is 1. The molecule has 1 rings (SSSR count). The number of aryl methyl sites for hydroxylation is 1. The minimum Gasteiger partial charge on any atom is -0.480 e. The van der Waals surface area contributed by atoms with E-state index in [0.29, 0.717) is 6.42 Å². The summed E-state index contributed by atoms with van der Waals surface area (Å²) in [6.45, 7) is 3.25. The third-order valence-electron chi connectivity index (χ3n) is 2.85. The number of carboxylic acid groups (broad SMARTS) is 1. The summed E-state index contributed by atoms with van der Waals surface area (Å²) >= 11 is 0. The van der Waals surface area contributed by atoms with Crippen LogP contribution in [0.5, 0.6) is 0 Å². The highest BCUT2D eigenvalue weighted by Gasteiger charge is 2.25. The van der Waals surface area contributed by atoms with Crippen LogP contribution in [-0.2, 0) is 14.8 Å². The molecule has 0 radical (unpaired) electrons. The first-order chi connectivity index (χ1) is 9.66. The fourth-order valence-corrected chi connectivity index (χ4v) is 2.47. The fraction of sp³-hybridized carbons (Fsp3) is 0.500. The number of nitrogens with two attached hydrogens (primary N) is 1. The van der Waals surface area contributed by atoms with Crippen molar-refractivity contribution < 1.29 is 27.5 Å². The third-order valence-corrected chi connectivity index (χ3v) is 3.87. The topological polar surface area (TPSA) is 140 Å². The number of amides is 1. The van der Waals surface area contributed by atoms with Gasteiger partial charge in [-0.1, -0.05) is 19.8 Å². The van der Waals surface area contributed by atoms with E-state index in [1.165, 1.54) is 6.92 Å². The molecule has 21 heavy (non-hydrogen) atoms. The SMILES string of the molecule is CCCCC(NC(=O)c1cc(S(N)(=O)=O)c(C)o1)C(=O)O. The van der Waals surface area contributed by atoms with Crippen LogP contribution in [0.2, 0.25) is 0 Å². The van der Waals surface area contributed by atoms with Gasteiger partial charge < -0.3 is 14.8 Å². The second-order valence-electron chi connectivity index (χ2n) is 4.58. The molecule has 9 heteroatoms. The Morgan fingerprint density at radius 2 is 2.10 bits per heavy atom. The maximum atomic E-state index is 11.9. The standard InChI is InChI=1S/C12H18N2O6S/c1-3-4-5-8(12(16)17)14-11(15)9-6-10(7(2)20-9)21(13,18)19/h6,8H,3-5H2,1-2H3,(H,14,15)(H,16,17)(H2,13,18,19). The summed E-state index contributed by atoms with van der Waals surface area (Å²) in [5, 5.41) is 16.3. The average Bonchev–Trinajstić information content (AvgIpc) is 2.76. The molecule has 1 unspecified atom stereocenters. The van der Waals surface area contributed by atoms with E-state index in [1.54, 1.807) is 0 Å². The van der Waals surface area contributed by atoms with Crippen LogP contribution < -0.4 is 10.5 Å². The number of carbonyl (C=O) groups is 2. The molecule has 0 aliphatic carbocycles. The van der Waals surface area contributed by atoms with Gasteiger partial charge in [0, 0.05) is 6.07 Å². The van der Waals surface area contributed by atoms with E-state index in [9.17, 15) is 18.0 Å². The summed E-state index contributed by atoms with van der Waals surface area (Å²) in [5.74, 6) is -2.27. The smallest absolute Gasteiger partial charge is 0.326 e. The van der Waals surface area contributed by atoms with Gasteiger partial charge in [-0.3, -0.25) is 4.79 Å². The molecular formula is C12H18N2O6S. The van der Waals surface area contributed by atoms with Gasteiger partial charge in [-0.2, -0.15) is 0 Å². The van der Waals surface area contributed by atoms with Gasteiger partial charge in [0.2, 0.25) is 10.0 Å². The molecule has 1 aromatic rings. The summed E-state index contributed by atoms with van der Waals surface area (Å²) in [5.41, 5.74) is 0. The molecule has 1 atom stereocenters. The predicted molar refractivity (Wildman–Crippen MR) is 73.2 cm³/mol. The van der Waals surface area contributed by atoms with E-state index in [4.69, 9.17) is 14.7 Å². The number of primary sulfonamides is 1. The Balaban J connectivity index is 2.91. The Morgan fingerprint density at radius 3 is 2.52 bits per heavy atom. The summed E-state index contributed by atoms with van der Waals surface area (Å²) < 4.78 is 27.5. The Bertz CT molecular complexity index is 634. The minimum atomic E-state index is -4.00. The molecule has 0 bridgehead atoms. The highest BCUT2D eigenvalue weighted by molar-refractivity contribution is 7.89. The normalized spacial score (nSPS) is 12.9. The number of nitrogens with one attached hydrogen (secondary N) is 1. The molecule has 8 nitrogen and oxygen atoms in total. The largest absolute Gasteiger partial charge is 0.480 e. The van der Waals surface area contributed by atoms with Crippen LogP contribution in [0.15, 0.2) is 15.4 Å². The molecule has 4 N–H and O–H groups in total. The Kier molecular flexibility index (Phi) is 5.50. The van der Waals surface area contributed by atoms with Gasteiger partial charge in [0.15, 0.2) is 5.76 Å². The zero-order valence-corrected chi connectivity index (χ0v) is 12.6. The van der Waals surface area contributed by atoms with Crippen LogP contribution >= 0.6 is 0 Å². The average molecular weight is 318 g/mol. The van der Waals surface area contributed by atoms with Crippen molar-refractivity contribution in [3.05, 3.63) is 17.6 Å². The van der Waals surface area contributed by atoms with Crippen molar-refractivity contribution in [3.8, 4) is 0 Å². The molecule has 0 fully saturated rings. The lowest BCUT2D eigenvalue weighted by molar-refractivity contribution is -0.139. The Hall–Kier alpha value is -1.87. The first-order valence-electron chi connectivity index (χ1n) is 6.33. The van der Waals surface area contributed by atoms with Crippen molar-refractivity contribution in [2.24, 2.45) is 5.14 Å². The van der Waals surface area contributed by atoms with Gasteiger partial charge in [-0.05, 0) is 13.3 Å². The zero-order chi connectivity index (χ0) is 16.2. The number of sulfonamides is 1. The second-order valence-corrected chi connectivity index (χ2v) is 6.11. The second kappa shape index (κ2) is 6.72. The first-order valence-corrected chi connectivity index (χ1v) is 7.88. The van der Waals surface area contributed by atoms with Crippen molar-refractivity contribution >= 4 is 21.9 Å². The van der Waals surface area contributed by atoms with E-state index in [0.717, 1.165) is 12.5 Å². The van der Waals surface area contributed by atoms with Crippen LogP contribution in [0.1, 0.15) is 42.5 Å². The third kappa shape index (κ3) is 4.57. The van der Waals surface area contributed by atoms with Crippen molar-refractivity contribution in [1.82, 2.24) is 5.32 Å². The zero-order valence-electron chi connectivity index (χ0n) is 11.8. The molecular weight excluding hydrogens is 300 g/mol. The maximum Gasteiger partial charge on any atom is 0.326 e. The van der Waals surface area contributed by atoms with E-state index in [-0.39, 0.29) is 22.8 Å². The molecule has 0 aliphatic heterocycles. The van der Waals surface area contributed by atoms with Gasteiger partial charge in [-0.25, -0.2) is 18.4 Å². The summed E-state index contributed by atoms with van der Waals surface area (Å²) in [6, 6.07) is -0.0700. The van der Waals surface area contributed by atoms with Crippen LogP contribution in [-0.4, -0.2) is 31.4 Å². The number of carboxylic acids is 1. The number of unbranched alkanes of at least 4 members (excludes halogenated alkanes) is 1. The number of carbonyl (C=O) groups excluding carboxylic acids is 1. The lowest BCUT2D eigenvalue weighted by Gasteiger charge is -2.12. The van der Waals surface area contributed by atoms with Crippen molar-refractivity contribution in [1.29, 1.82) is 0 Å². The minimum absolute atomic E-state index is 0.0249. The molecule has 0 saturated heterocycles. The number of furan rings is 1. The highest BCUT2D eigenvalue weighted by Crippen LogP contribution is 2.18. The van der Waals surface area contributed by atoms with E-state index in [2.05, 4.69) is 5.32 Å².